The van der Waals surface area contributed by atoms with Crippen LogP contribution in [0.15, 0.2) is 42.6 Å². The molecule has 0 aliphatic carbocycles. The van der Waals surface area contributed by atoms with Gasteiger partial charge >= 0.3 is 0 Å². The maximum Gasteiger partial charge on any atom is 0.273 e. The first-order valence-corrected chi connectivity index (χ1v) is 10.3. The van der Waals surface area contributed by atoms with Crippen LogP contribution >= 0.6 is 11.6 Å². The molecule has 0 spiro atoms. The van der Waals surface area contributed by atoms with Crippen molar-refractivity contribution in [2.45, 2.75) is 19.2 Å². The molecule has 1 N–H and O–H groups in total. The van der Waals surface area contributed by atoms with Gasteiger partial charge in [-0.05, 0) is 25.3 Å². The number of fused-ring (bicyclic) bond motifs is 1. The molecule has 4 rings (SSSR count). The van der Waals surface area contributed by atoms with Crippen LogP contribution < -0.4 is 5.32 Å². The van der Waals surface area contributed by atoms with Crippen LogP contribution in [0.1, 0.15) is 16.3 Å². The van der Waals surface area contributed by atoms with Gasteiger partial charge in [-0.25, -0.2) is 4.98 Å². The molecule has 0 unspecified atom stereocenters. The van der Waals surface area contributed by atoms with Gasteiger partial charge in [0.2, 0.25) is 5.91 Å². The smallest absolute Gasteiger partial charge is 0.273 e. The zero-order valence-electron chi connectivity index (χ0n) is 16.8. The second kappa shape index (κ2) is 8.99. The normalized spacial score (nSPS) is 19.7. The Hall–Kier alpha value is -2.68. The van der Waals surface area contributed by atoms with Gasteiger partial charge in [-0.15, -0.1) is 0 Å². The van der Waals surface area contributed by atoms with Crippen molar-refractivity contribution in [2.75, 3.05) is 38.6 Å². The van der Waals surface area contributed by atoms with Gasteiger partial charge in [0.25, 0.3) is 5.91 Å². The average Bonchev–Trinajstić information content (AvgIpc) is 3.17. The molecule has 2 aliphatic rings. The molecule has 1 aromatic heterocycles. The van der Waals surface area contributed by atoms with Gasteiger partial charge in [-0.3, -0.25) is 9.59 Å². The number of likely N-dealkylation sites (N-methyl/N-ethyl adjacent to an activating group) is 1. The number of benzene rings is 1. The lowest BCUT2D eigenvalue weighted by molar-refractivity contribution is -0.127. The number of ether oxygens (including phenoxy) is 1. The number of hydrogen-bond acceptors (Lipinski definition) is 5. The summed E-state index contributed by atoms with van der Waals surface area (Å²) < 4.78 is 7.51. The molecule has 0 radical (unpaired) electrons. The zero-order valence-corrected chi connectivity index (χ0v) is 17.5. The molecule has 1 aromatic carbocycles. The first-order chi connectivity index (χ1) is 14.5. The molecule has 8 nitrogen and oxygen atoms in total. The summed E-state index contributed by atoms with van der Waals surface area (Å²) in [5.74, 6) is 0.323. The number of amides is 2. The summed E-state index contributed by atoms with van der Waals surface area (Å²) in [7, 11) is 2.04. The van der Waals surface area contributed by atoms with E-state index in [0.29, 0.717) is 48.5 Å². The first-order valence-electron chi connectivity index (χ1n) is 9.89. The summed E-state index contributed by atoms with van der Waals surface area (Å²) in [5.41, 5.74) is 0.999. The molecule has 1 saturated heterocycles. The fraction of sp³-hybridized carbons (Fsp3) is 0.381. The van der Waals surface area contributed by atoms with Crippen molar-refractivity contribution in [1.82, 2.24) is 19.4 Å². The molecule has 9 heteroatoms. The molecule has 2 aliphatic heterocycles. The lowest BCUT2D eigenvalue weighted by Crippen LogP contribution is -2.40. The maximum absolute atomic E-state index is 12.7. The molecule has 3 heterocycles. The van der Waals surface area contributed by atoms with Crippen molar-refractivity contribution in [3.63, 3.8) is 0 Å². The van der Waals surface area contributed by atoms with Gasteiger partial charge in [0.1, 0.15) is 11.5 Å². The highest BCUT2D eigenvalue weighted by Gasteiger charge is 2.25. The summed E-state index contributed by atoms with van der Waals surface area (Å²) in [6.07, 6.45) is 4.87. The van der Waals surface area contributed by atoms with E-state index in [9.17, 15) is 9.59 Å². The number of carbonyl (C=O) groups excluding carboxylic acids is 2. The molecule has 2 aromatic rings. The largest absolute Gasteiger partial charge is 0.371 e. The van der Waals surface area contributed by atoms with Crippen LogP contribution in [0.2, 0.25) is 5.02 Å². The highest BCUT2D eigenvalue weighted by atomic mass is 35.5. The summed E-state index contributed by atoms with van der Waals surface area (Å²) in [6, 6.07) is 7.07. The second-order valence-electron chi connectivity index (χ2n) is 7.44. The van der Waals surface area contributed by atoms with Crippen LogP contribution in [-0.2, 0) is 22.6 Å². The Morgan fingerprint density at radius 1 is 1.27 bits per heavy atom. The van der Waals surface area contributed by atoms with E-state index >= 15 is 0 Å². The molecule has 1 atom stereocenters. The zero-order chi connectivity index (χ0) is 21.1. The molecule has 2 amide bonds. The van der Waals surface area contributed by atoms with E-state index in [4.69, 9.17) is 16.3 Å². The number of halogens is 1. The standard InChI is InChI=1S/C21H24ClN5O3/c1-25-10-11-30-15(13-25)6-7-20(28)26-8-9-27-18(12-23-19(27)14-26)21(29)24-17-5-3-2-4-16(17)22/h2-7,12,15H,8-11,13-14H2,1H3,(H,24,29)/b7-6+/t15-/m0/s1. The van der Waals surface area contributed by atoms with E-state index < -0.39 is 0 Å². The quantitative estimate of drug-likeness (QED) is 0.752. The van der Waals surface area contributed by atoms with Gasteiger partial charge in [0, 0.05) is 32.3 Å². The number of para-hydroxylation sites is 1. The molecule has 0 bridgehead atoms. The molecular formula is C21H24ClN5O3. The van der Waals surface area contributed by atoms with Crippen molar-refractivity contribution in [1.29, 1.82) is 0 Å². The Morgan fingerprint density at radius 3 is 2.90 bits per heavy atom. The predicted molar refractivity (Wildman–Crippen MR) is 113 cm³/mol. The van der Waals surface area contributed by atoms with E-state index in [1.165, 1.54) is 6.20 Å². The Labute approximate surface area is 180 Å². The van der Waals surface area contributed by atoms with Crippen molar-refractivity contribution in [3.05, 3.63) is 59.2 Å². The van der Waals surface area contributed by atoms with Crippen molar-refractivity contribution >= 4 is 29.1 Å². The minimum absolute atomic E-state index is 0.0698. The number of aromatic nitrogens is 2. The van der Waals surface area contributed by atoms with Crippen molar-refractivity contribution in [3.8, 4) is 0 Å². The van der Waals surface area contributed by atoms with Crippen LogP contribution in [0.4, 0.5) is 5.69 Å². The third-order valence-corrected chi connectivity index (χ3v) is 5.61. The monoisotopic (exact) mass is 429 g/mol. The van der Waals surface area contributed by atoms with Crippen LogP contribution in [-0.4, -0.2) is 70.6 Å². The summed E-state index contributed by atoms with van der Waals surface area (Å²) in [4.78, 5) is 33.5. The predicted octanol–water partition coefficient (Wildman–Crippen LogP) is 2.02. The first kappa shape index (κ1) is 20.6. The Morgan fingerprint density at radius 2 is 2.10 bits per heavy atom. The molecule has 0 saturated carbocycles. The Bertz CT molecular complexity index is 973. The van der Waals surface area contributed by atoms with E-state index in [2.05, 4.69) is 15.2 Å². The average molecular weight is 430 g/mol. The van der Waals surface area contributed by atoms with Crippen LogP contribution in [0, 0.1) is 0 Å². The highest BCUT2D eigenvalue weighted by molar-refractivity contribution is 6.33. The topological polar surface area (TPSA) is 79.7 Å². The van der Waals surface area contributed by atoms with Crippen LogP contribution in [0.3, 0.4) is 0 Å². The number of hydrogen-bond donors (Lipinski definition) is 1. The summed E-state index contributed by atoms with van der Waals surface area (Å²) in [5, 5.41) is 3.29. The number of carbonyl (C=O) groups is 2. The Balaban J connectivity index is 1.39. The summed E-state index contributed by atoms with van der Waals surface area (Å²) in [6.45, 7) is 3.71. The SMILES string of the molecule is CN1CCO[C@@H](/C=C/C(=O)N2CCn3c(C(=O)Nc4ccccc4Cl)cnc3C2)C1. The number of nitrogens with zero attached hydrogens (tertiary/aromatic N) is 4. The fourth-order valence-electron chi connectivity index (χ4n) is 3.60. The van der Waals surface area contributed by atoms with E-state index in [1.54, 1.807) is 35.2 Å². The number of rotatable bonds is 4. The lowest BCUT2D eigenvalue weighted by atomic mass is 10.2. The lowest BCUT2D eigenvalue weighted by Gasteiger charge is -2.29. The third kappa shape index (κ3) is 4.56. The van der Waals surface area contributed by atoms with E-state index in [1.807, 2.05) is 17.7 Å². The van der Waals surface area contributed by atoms with E-state index in [0.717, 1.165) is 13.1 Å². The minimum atomic E-state index is -0.278. The molecule has 1 fully saturated rings. The van der Waals surface area contributed by atoms with Gasteiger partial charge < -0.3 is 24.4 Å². The van der Waals surface area contributed by atoms with Crippen molar-refractivity contribution < 1.29 is 14.3 Å². The third-order valence-electron chi connectivity index (χ3n) is 5.28. The summed E-state index contributed by atoms with van der Waals surface area (Å²) >= 11 is 6.12. The van der Waals surface area contributed by atoms with Gasteiger partial charge in [-0.2, -0.15) is 0 Å². The van der Waals surface area contributed by atoms with Crippen molar-refractivity contribution in [2.24, 2.45) is 0 Å². The van der Waals surface area contributed by atoms with E-state index in [-0.39, 0.29) is 17.9 Å². The van der Waals surface area contributed by atoms with Gasteiger partial charge in [0.05, 0.1) is 36.2 Å². The molecular weight excluding hydrogens is 406 g/mol. The Kier molecular flexibility index (Phi) is 6.17. The molecule has 30 heavy (non-hydrogen) atoms. The fourth-order valence-corrected chi connectivity index (χ4v) is 3.78. The highest BCUT2D eigenvalue weighted by Crippen LogP contribution is 2.22. The minimum Gasteiger partial charge on any atom is -0.371 e. The second-order valence-corrected chi connectivity index (χ2v) is 7.84. The number of nitrogens with one attached hydrogen (secondary N) is 1. The van der Waals surface area contributed by atoms with Crippen LogP contribution in [0.25, 0.3) is 0 Å². The number of anilines is 1. The maximum atomic E-state index is 12.7. The van der Waals surface area contributed by atoms with Gasteiger partial charge in [-0.1, -0.05) is 23.7 Å². The number of imidazole rings is 1. The van der Waals surface area contributed by atoms with Gasteiger partial charge in [0.15, 0.2) is 0 Å². The number of morpholine rings is 1. The van der Waals surface area contributed by atoms with Crippen LogP contribution in [0.5, 0.6) is 0 Å². The molecule has 158 valence electrons.